The Kier molecular flexibility index (Phi) is 5.58. The maximum absolute atomic E-state index is 12.3. The van der Waals surface area contributed by atoms with Crippen molar-refractivity contribution in [2.75, 3.05) is 19.4 Å². The van der Waals surface area contributed by atoms with E-state index in [0.717, 1.165) is 24.1 Å². The van der Waals surface area contributed by atoms with Crippen LogP contribution in [0, 0.1) is 5.92 Å². The summed E-state index contributed by atoms with van der Waals surface area (Å²) in [6.45, 7) is 0.488. The minimum absolute atomic E-state index is 0.119. The molecular weight excluding hydrogens is 316 g/mol. The molecule has 0 saturated carbocycles. The highest BCUT2D eigenvalue weighted by Gasteiger charge is 2.34. The van der Waals surface area contributed by atoms with E-state index in [-0.39, 0.29) is 11.9 Å². The molecule has 2 fully saturated rings. The lowest BCUT2D eigenvalue weighted by Crippen LogP contribution is -2.39. The Morgan fingerprint density at radius 3 is 2.60 bits per heavy atom. The molecule has 3 amide bonds. The highest BCUT2D eigenvalue weighted by Crippen LogP contribution is 2.32. The molecule has 3 rings (SSSR count). The lowest BCUT2D eigenvalue weighted by atomic mass is 9.89. The summed E-state index contributed by atoms with van der Waals surface area (Å²) in [5.74, 6) is 0.624. The molecule has 0 aliphatic carbocycles. The number of anilines is 1. The van der Waals surface area contributed by atoms with Crippen molar-refractivity contribution in [3.8, 4) is 0 Å². The summed E-state index contributed by atoms with van der Waals surface area (Å²) in [7, 11) is 3.40. The molecule has 3 N–H and O–H groups in total. The maximum Gasteiger partial charge on any atom is 0.321 e. The number of benzene rings is 1. The van der Waals surface area contributed by atoms with Crippen LogP contribution in [0.15, 0.2) is 24.3 Å². The molecule has 2 saturated heterocycles. The fraction of sp³-hybridized carbons (Fsp3) is 0.579. The number of hydrogen-bond acceptors (Lipinski definition) is 3. The Morgan fingerprint density at radius 1 is 1.20 bits per heavy atom. The van der Waals surface area contributed by atoms with Crippen LogP contribution in [0.25, 0.3) is 0 Å². The van der Waals surface area contributed by atoms with Gasteiger partial charge in [0.1, 0.15) is 0 Å². The summed E-state index contributed by atoms with van der Waals surface area (Å²) in [5.41, 5.74) is 1.72. The second-order valence-corrected chi connectivity index (χ2v) is 7.48. The number of carbonyl (C=O) groups is 2. The molecule has 1 aromatic carbocycles. The maximum atomic E-state index is 12.3. The minimum atomic E-state index is -0.165. The highest BCUT2D eigenvalue weighted by atomic mass is 16.2. The lowest BCUT2D eigenvalue weighted by Gasteiger charge is -2.28. The molecule has 2 aliphatic rings. The normalized spacial score (nSPS) is 24.6. The van der Waals surface area contributed by atoms with Crippen molar-refractivity contribution in [1.82, 2.24) is 15.5 Å². The quantitative estimate of drug-likeness (QED) is 0.767. The number of rotatable bonds is 5. The molecule has 0 aromatic heterocycles. The minimum Gasteiger partial charge on any atom is -0.352 e. The van der Waals surface area contributed by atoms with Gasteiger partial charge in [0.15, 0.2) is 0 Å². The molecule has 2 heterocycles. The Hall–Kier alpha value is -2.08. The molecule has 2 bridgehead atoms. The Balaban J connectivity index is 1.46. The van der Waals surface area contributed by atoms with Crippen LogP contribution in [-0.4, -0.2) is 43.0 Å². The molecule has 2 unspecified atom stereocenters. The molecule has 0 radical (unpaired) electrons. The topological polar surface area (TPSA) is 73.5 Å². The third-order valence-electron chi connectivity index (χ3n) is 5.12. The van der Waals surface area contributed by atoms with Crippen molar-refractivity contribution >= 4 is 17.6 Å². The second-order valence-electron chi connectivity index (χ2n) is 7.48. The van der Waals surface area contributed by atoms with Gasteiger partial charge in [-0.3, -0.25) is 4.79 Å². The van der Waals surface area contributed by atoms with Crippen molar-refractivity contribution in [3.63, 3.8) is 0 Å². The molecule has 6 nitrogen and oxygen atoms in total. The predicted octanol–water partition coefficient (Wildman–Crippen LogP) is 2.32. The number of amides is 3. The van der Waals surface area contributed by atoms with Crippen molar-refractivity contribution < 1.29 is 9.59 Å². The summed E-state index contributed by atoms with van der Waals surface area (Å²) in [5, 5.41) is 9.45. The number of nitrogens with one attached hydrogen (secondary N) is 3. The Bertz CT molecular complexity index is 620. The van der Waals surface area contributed by atoms with E-state index in [9.17, 15) is 9.59 Å². The van der Waals surface area contributed by atoms with E-state index in [4.69, 9.17) is 0 Å². The zero-order valence-electron chi connectivity index (χ0n) is 15.0. The van der Waals surface area contributed by atoms with E-state index >= 15 is 0 Å². The van der Waals surface area contributed by atoms with E-state index in [1.807, 2.05) is 24.3 Å². The van der Waals surface area contributed by atoms with Crippen LogP contribution in [0.5, 0.6) is 0 Å². The van der Waals surface area contributed by atoms with Gasteiger partial charge in [0.25, 0.3) is 0 Å². The van der Waals surface area contributed by atoms with Gasteiger partial charge in [-0.15, -0.1) is 0 Å². The van der Waals surface area contributed by atoms with Gasteiger partial charge < -0.3 is 20.9 Å². The summed E-state index contributed by atoms with van der Waals surface area (Å²) < 4.78 is 0. The lowest BCUT2D eigenvalue weighted by molar-refractivity contribution is -0.122. The van der Waals surface area contributed by atoms with Crippen molar-refractivity contribution in [2.24, 2.45) is 5.92 Å². The van der Waals surface area contributed by atoms with Crippen LogP contribution in [0.3, 0.4) is 0 Å². The van der Waals surface area contributed by atoms with Gasteiger partial charge in [-0.1, -0.05) is 12.1 Å². The van der Waals surface area contributed by atoms with Crippen LogP contribution >= 0.6 is 0 Å². The fourth-order valence-corrected chi connectivity index (χ4v) is 3.87. The average Bonchev–Trinajstić information content (AvgIpc) is 2.92. The number of piperidine rings is 1. The first kappa shape index (κ1) is 17.7. The van der Waals surface area contributed by atoms with Crippen LogP contribution in [0.2, 0.25) is 0 Å². The number of carbonyl (C=O) groups excluding carboxylic acids is 2. The molecule has 25 heavy (non-hydrogen) atoms. The molecular formula is C19H28N4O2. The van der Waals surface area contributed by atoms with E-state index < -0.39 is 0 Å². The van der Waals surface area contributed by atoms with Gasteiger partial charge >= 0.3 is 6.03 Å². The van der Waals surface area contributed by atoms with Crippen LogP contribution in [0.4, 0.5) is 10.5 Å². The molecule has 1 aromatic rings. The number of fused-ring (bicyclic) bond motifs is 2. The van der Waals surface area contributed by atoms with Gasteiger partial charge in [-0.2, -0.15) is 0 Å². The van der Waals surface area contributed by atoms with Gasteiger partial charge in [0.2, 0.25) is 5.91 Å². The summed E-state index contributed by atoms with van der Waals surface area (Å²) >= 11 is 0. The van der Waals surface area contributed by atoms with Crippen LogP contribution in [0.1, 0.15) is 37.7 Å². The number of nitrogens with zero attached hydrogens (tertiary/aromatic N) is 1. The van der Waals surface area contributed by atoms with E-state index in [1.54, 1.807) is 14.1 Å². The molecule has 136 valence electrons. The average molecular weight is 344 g/mol. The summed E-state index contributed by atoms with van der Waals surface area (Å²) in [6, 6.07) is 8.65. The molecule has 0 spiro atoms. The first-order valence-electron chi connectivity index (χ1n) is 9.09. The second kappa shape index (κ2) is 7.87. The van der Waals surface area contributed by atoms with Crippen LogP contribution < -0.4 is 16.0 Å². The summed E-state index contributed by atoms with van der Waals surface area (Å²) in [4.78, 5) is 25.5. The molecule has 6 heteroatoms. The number of urea groups is 1. The Labute approximate surface area is 149 Å². The predicted molar refractivity (Wildman–Crippen MR) is 98.3 cm³/mol. The SMILES string of the molecule is CN(C)C(=O)Nc1cccc(CNC(=O)CC2CC3CCC(C2)N3)c1. The van der Waals surface area contributed by atoms with E-state index in [0.29, 0.717) is 31.0 Å². The van der Waals surface area contributed by atoms with Crippen molar-refractivity contribution in [1.29, 1.82) is 0 Å². The Morgan fingerprint density at radius 2 is 1.92 bits per heavy atom. The zero-order chi connectivity index (χ0) is 17.8. The highest BCUT2D eigenvalue weighted by molar-refractivity contribution is 5.89. The van der Waals surface area contributed by atoms with Gasteiger partial charge in [-0.25, -0.2) is 4.79 Å². The van der Waals surface area contributed by atoms with Gasteiger partial charge in [-0.05, 0) is 49.3 Å². The zero-order valence-corrected chi connectivity index (χ0v) is 15.0. The van der Waals surface area contributed by atoms with E-state index in [2.05, 4.69) is 16.0 Å². The monoisotopic (exact) mass is 344 g/mol. The third kappa shape index (κ3) is 4.95. The first-order chi connectivity index (χ1) is 12.0. The third-order valence-corrected chi connectivity index (χ3v) is 5.12. The van der Waals surface area contributed by atoms with Crippen molar-refractivity contribution in [2.45, 2.75) is 50.7 Å². The number of hydrogen-bond donors (Lipinski definition) is 3. The van der Waals surface area contributed by atoms with E-state index in [1.165, 1.54) is 17.7 Å². The van der Waals surface area contributed by atoms with Crippen molar-refractivity contribution in [3.05, 3.63) is 29.8 Å². The van der Waals surface area contributed by atoms with Crippen LogP contribution in [-0.2, 0) is 11.3 Å². The summed E-state index contributed by atoms with van der Waals surface area (Å²) in [6.07, 6.45) is 5.38. The first-order valence-corrected chi connectivity index (χ1v) is 9.09. The van der Waals surface area contributed by atoms with Gasteiger partial charge in [0.05, 0.1) is 0 Å². The largest absolute Gasteiger partial charge is 0.352 e. The molecule has 2 atom stereocenters. The fourth-order valence-electron chi connectivity index (χ4n) is 3.87. The smallest absolute Gasteiger partial charge is 0.321 e. The van der Waals surface area contributed by atoms with Gasteiger partial charge in [0, 0.05) is 44.8 Å². The standard InChI is InChI=1S/C19H28N4O2/c1-23(2)19(25)22-15-5-3-4-13(8-15)12-20-18(24)11-14-9-16-6-7-17(10-14)21-16/h3-5,8,14,16-17,21H,6-7,9-12H2,1-2H3,(H,20,24)(H,22,25). The molecule has 2 aliphatic heterocycles.